The highest BCUT2D eigenvalue weighted by atomic mass is 35.5. The summed E-state index contributed by atoms with van der Waals surface area (Å²) in [6.07, 6.45) is 2.69. The van der Waals surface area contributed by atoms with E-state index in [0.717, 1.165) is 17.3 Å². The standard InChI is InChI=1S/C13H12ClFN2/c1-8-2-3-9(14)6-11(8)13(16)10-4-5-17-7-12(10)15/h2-7,13H,16H2,1H3. The van der Waals surface area contributed by atoms with Crippen LogP contribution in [0.2, 0.25) is 5.02 Å². The van der Waals surface area contributed by atoms with E-state index in [-0.39, 0.29) is 0 Å². The first-order valence-electron chi connectivity index (χ1n) is 5.20. The van der Waals surface area contributed by atoms with Crippen LogP contribution in [0.5, 0.6) is 0 Å². The molecule has 2 rings (SSSR count). The molecule has 0 aliphatic carbocycles. The van der Waals surface area contributed by atoms with Gasteiger partial charge in [0.05, 0.1) is 12.2 Å². The SMILES string of the molecule is Cc1ccc(Cl)cc1C(N)c1ccncc1F. The molecule has 0 fully saturated rings. The predicted octanol–water partition coefficient (Wildman–Crippen LogP) is 3.23. The Balaban J connectivity index is 2.47. The summed E-state index contributed by atoms with van der Waals surface area (Å²) < 4.78 is 13.6. The normalized spacial score (nSPS) is 12.5. The molecule has 17 heavy (non-hydrogen) atoms. The first kappa shape index (κ1) is 12.0. The lowest BCUT2D eigenvalue weighted by atomic mass is 9.96. The predicted molar refractivity (Wildman–Crippen MR) is 66.4 cm³/mol. The van der Waals surface area contributed by atoms with E-state index in [2.05, 4.69) is 4.98 Å². The van der Waals surface area contributed by atoms with Crippen LogP contribution in [-0.4, -0.2) is 4.98 Å². The van der Waals surface area contributed by atoms with Crippen molar-refractivity contribution in [2.24, 2.45) is 5.73 Å². The first-order chi connectivity index (χ1) is 8.09. The molecule has 88 valence electrons. The van der Waals surface area contributed by atoms with Gasteiger partial charge in [-0.05, 0) is 36.2 Å². The Hall–Kier alpha value is -1.45. The summed E-state index contributed by atoms with van der Waals surface area (Å²) >= 11 is 5.93. The number of hydrogen-bond donors (Lipinski definition) is 1. The van der Waals surface area contributed by atoms with Gasteiger partial charge in [0.2, 0.25) is 0 Å². The topological polar surface area (TPSA) is 38.9 Å². The van der Waals surface area contributed by atoms with Crippen molar-refractivity contribution in [3.63, 3.8) is 0 Å². The number of benzene rings is 1. The minimum Gasteiger partial charge on any atom is -0.320 e. The third-order valence-electron chi connectivity index (χ3n) is 2.72. The van der Waals surface area contributed by atoms with Gasteiger partial charge in [0, 0.05) is 16.8 Å². The maximum absolute atomic E-state index is 13.6. The average molecular weight is 251 g/mol. The van der Waals surface area contributed by atoms with Crippen LogP contribution in [0.1, 0.15) is 22.7 Å². The lowest BCUT2D eigenvalue weighted by Crippen LogP contribution is -2.15. The van der Waals surface area contributed by atoms with Crippen molar-refractivity contribution in [3.8, 4) is 0 Å². The minimum absolute atomic E-state index is 0.403. The van der Waals surface area contributed by atoms with Gasteiger partial charge in [0.25, 0.3) is 0 Å². The van der Waals surface area contributed by atoms with Crippen LogP contribution in [0.4, 0.5) is 4.39 Å². The Kier molecular flexibility index (Phi) is 3.41. The van der Waals surface area contributed by atoms with E-state index in [1.807, 2.05) is 13.0 Å². The fourth-order valence-corrected chi connectivity index (χ4v) is 1.93. The van der Waals surface area contributed by atoms with Crippen LogP contribution < -0.4 is 5.73 Å². The summed E-state index contributed by atoms with van der Waals surface area (Å²) in [7, 11) is 0. The van der Waals surface area contributed by atoms with Gasteiger partial charge in [0.15, 0.2) is 0 Å². The highest BCUT2D eigenvalue weighted by Gasteiger charge is 2.15. The van der Waals surface area contributed by atoms with E-state index < -0.39 is 11.9 Å². The van der Waals surface area contributed by atoms with Crippen LogP contribution in [0.15, 0.2) is 36.7 Å². The molecule has 0 bridgehead atoms. The number of pyridine rings is 1. The molecule has 1 aromatic heterocycles. The van der Waals surface area contributed by atoms with Crippen LogP contribution in [0.3, 0.4) is 0 Å². The molecular formula is C13H12ClFN2. The zero-order valence-electron chi connectivity index (χ0n) is 9.32. The van der Waals surface area contributed by atoms with Crippen LogP contribution in [-0.2, 0) is 0 Å². The number of aryl methyl sites for hydroxylation is 1. The van der Waals surface area contributed by atoms with E-state index in [0.29, 0.717) is 10.6 Å². The molecule has 0 amide bonds. The molecule has 2 nitrogen and oxygen atoms in total. The van der Waals surface area contributed by atoms with E-state index >= 15 is 0 Å². The molecule has 0 spiro atoms. The third-order valence-corrected chi connectivity index (χ3v) is 2.95. The zero-order chi connectivity index (χ0) is 12.4. The van der Waals surface area contributed by atoms with Gasteiger partial charge in [-0.3, -0.25) is 4.98 Å². The molecule has 1 heterocycles. The van der Waals surface area contributed by atoms with Gasteiger partial charge in [-0.25, -0.2) is 4.39 Å². The molecule has 0 aliphatic heterocycles. The summed E-state index contributed by atoms with van der Waals surface area (Å²) in [6, 6.07) is 6.48. The monoisotopic (exact) mass is 250 g/mol. The number of aromatic nitrogens is 1. The smallest absolute Gasteiger partial charge is 0.146 e. The summed E-state index contributed by atoms with van der Waals surface area (Å²) in [6.45, 7) is 1.92. The molecule has 1 aromatic carbocycles. The van der Waals surface area contributed by atoms with Crippen molar-refractivity contribution in [1.82, 2.24) is 4.98 Å². The number of hydrogen-bond acceptors (Lipinski definition) is 2. The molecule has 0 radical (unpaired) electrons. The Bertz CT molecular complexity index is 543. The summed E-state index contributed by atoms with van der Waals surface area (Å²) in [5.74, 6) is -0.403. The van der Waals surface area contributed by atoms with E-state index in [4.69, 9.17) is 17.3 Å². The van der Waals surface area contributed by atoms with Gasteiger partial charge in [-0.1, -0.05) is 17.7 Å². The second-order valence-electron chi connectivity index (χ2n) is 3.88. The Morgan fingerprint density at radius 3 is 2.76 bits per heavy atom. The zero-order valence-corrected chi connectivity index (χ0v) is 10.1. The van der Waals surface area contributed by atoms with Gasteiger partial charge in [-0.15, -0.1) is 0 Å². The highest BCUT2D eigenvalue weighted by Crippen LogP contribution is 2.26. The van der Waals surface area contributed by atoms with Crippen molar-refractivity contribution in [2.45, 2.75) is 13.0 Å². The third kappa shape index (κ3) is 2.46. The largest absolute Gasteiger partial charge is 0.320 e. The Labute approximate surface area is 104 Å². The Morgan fingerprint density at radius 1 is 1.29 bits per heavy atom. The molecule has 0 saturated carbocycles. The molecule has 4 heteroatoms. The lowest BCUT2D eigenvalue weighted by molar-refractivity contribution is 0.593. The van der Waals surface area contributed by atoms with Gasteiger partial charge in [0.1, 0.15) is 5.82 Å². The molecule has 2 aromatic rings. The number of nitrogens with zero attached hydrogens (tertiary/aromatic N) is 1. The second-order valence-corrected chi connectivity index (χ2v) is 4.31. The summed E-state index contributed by atoms with van der Waals surface area (Å²) in [4.78, 5) is 3.70. The molecule has 0 saturated heterocycles. The van der Waals surface area contributed by atoms with Gasteiger partial charge >= 0.3 is 0 Å². The van der Waals surface area contributed by atoms with Gasteiger partial charge in [-0.2, -0.15) is 0 Å². The number of halogens is 2. The van der Waals surface area contributed by atoms with E-state index in [9.17, 15) is 4.39 Å². The van der Waals surface area contributed by atoms with Crippen molar-refractivity contribution in [3.05, 3.63) is 64.2 Å². The second kappa shape index (κ2) is 4.82. The Morgan fingerprint density at radius 2 is 2.06 bits per heavy atom. The molecule has 2 N–H and O–H groups in total. The van der Waals surface area contributed by atoms with Crippen molar-refractivity contribution >= 4 is 11.6 Å². The summed E-state index contributed by atoms with van der Waals surface area (Å²) in [5, 5.41) is 0.593. The maximum atomic E-state index is 13.6. The number of rotatable bonds is 2. The lowest BCUT2D eigenvalue weighted by Gasteiger charge is -2.16. The maximum Gasteiger partial charge on any atom is 0.146 e. The molecular weight excluding hydrogens is 239 g/mol. The van der Waals surface area contributed by atoms with Crippen LogP contribution in [0.25, 0.3) is 0 Å². The summed E-state index contributed by atoms with van der Waals surface area (Å²) in [5.41, 5.74) is 8.29. The average Bonchev–Trinajstić information content (AvgIpc) is 2.32. The highest BCUT2D eigenvalue weighted by molar-refractivity contribution is 6.30. The first-order valence-corrected chi connectivity index (χ1v) is 5.58. The van der Waals surface area contributed by atoms with E-state index in [1.54, 1.807) is 18.2 Å². The molecule has 0 aliphatic rings. The van der Waals surface area contributed by atoms with Gasteiger partial charge < -0.3 is 5.73 Å². The van der Waals surface area contributed by atoms with Crippen molar-refractivity contribution < 1.29 is 4.39 Å². The van der Waals surface area contributed by atoms with Crippen LogP contribution in [0, 0.1) is 12.7 Å². The fraction of sp³-hybridized carbons (Fsp3) is 0.154. The molecule has 1 atom stereocenters. The van der Waals surface area contributed by atoms with Crippen molar-refractivity contribution in [2.75, 3.05) is 0 Å². The quantitative estimate of drug-likeness (QED) is 0.889. The molecule has 1 unspecified atom stereocenters. The minimum atomic E-state index is -0.531. The van der Waals surface area contributed by atoms with E-state index in [1.165, 1.54) is 6.20 Å². The van der Waals surface area contributed by atoms with Crippen molar-refractivity contribution in [1.29, 1.82) is 0 Å². The van der Waals surface area contributed by atoms with Crippen LogP contribution >= 0.6 is 11.6 Å². The fourth-order valence-electron chi connectivity index (χ4n) is 1.75. The number of nitrogens with two attached hydrogens (primary N) is 1.